The first-order chi connectivity index (χ1) is 14.6. The molecule has 1 saturated heterocycles. The molecule has 7 nitrogen and oxygen atoms in total. The Bertz CT molecular complexity index is 981. The zero-order chi connectivity index (χ0) is 22.3. The summed E-state index contributed by atoms with van der Waals surface area (Å²) < 4.78 is 5.60. The molecule has 0 aliphatic carbocycles. The van der Waals surface area contributed by atoms with Gasteiger partial charge in [0.05, 0.1) is 6.42 Å². The minimum absolute atomic E-state index is 0.000935. The Morgan fingerprint density at radius 3 is 2.58 bits per heavy atom. The highest BCUT2D eigenvalue weighted by molar-refractivity contribution is 6.02. The third-order valence-corrected chi connectivity index (χ3v) is 6.05. The molecule has 2 amide bonds. The SMILES string of the molecule is CC(C)N1C(=O)Cc2ccc(-c3noc(C4CCN(C(=O)CC(C)(C)C)CC4)n3)cc21. The Morgan fingerprint density at radius 1 is 1.23 bits per heavy atom. The van der Waals surface area contributed by atoms with E-state index in [1.54, 1.807) is 0 Å². The van der Waals surface area contributed by atoms with Crippen LogP contribution < -0.4 is 4.90 Å². The van der Waals surface area contributed by atoms with E-state index in [0.717, 1.165) is 42.7 Å². The highest BCUT2D eigenvalue weighted by Crippen LogP contribution is 2.35. The van der Waals surface area contributed by atoms with Crippen LogP contribution in [0.15, 0.2) is 22.7 Å². The Hall–Kier alpha value is -2.70. The number of hydrogen-bond donors (Lipinski definition) is 0. The molecular formula is C24H32N4O3. The molecule has 3 heterocycles. The van der Waals surface area contributed by atoms with Crippen molar-refractivity contribution in [1.29, 1.82) is 0 Å². The lowest BCUT2D eigenvalue weighted by Gasteiger charge is -2.32. The summed E-state index contributed by atoms with van der Waals surface area (Å²) in [5, 5.41) is 4.21. The number of anilines is 1. The molecule has 2 aliphatic heterocycles. The Morgan fingerprint density at radius 2 is 1.94 bits per heavy atom. The van der Waals surface area contributed by atoms with Crippen molar-refractivity contribution in [3.63, 3.8) is 0 Å². The van der Waals surface area contributed by atoms with E-state index < -0.39 is 0 Å². The van der Waals surface area contributed by atoms with Crippen molar-refractivity contribution in [3.05, 3.63) is 29.7 Å². The van der Waals surface area contributed by atoms with E-state index in [4.69, 9.17) is 4.52 Å². The third kappa shape index (κ3) is 4.50. The monoisotopic (exact) mass is 424 g/mol. The van der Waals surface area contributed by atoms with Gasteiger partial charge in [0, 0.05) is 42.7 Å². The van der Waals surface area contributed by atoms with E-state index in [-0.39, 0.29) is 29.2 Å². The second-order valence-corrected chi connectivity index (χ2v) is 10.2. The van der Waals surface area contributed by atoms with E-state index in [1.807, 2.05) is 41.8 Å². The summed E-state index contributed by atoms with van der Waals surface area (Å²) in [5.74, 6) is 1.70. The van der Waals surface area contributed by atoms with Crippen molar-refractivity contribution in [2.24, 2.45) is 5.41 Å². The molecule has 7 heteroatoms. The number of nitrogens with zero attached hydrogens (tertiary/aromatic N) is 4. The van der Waals surface area contributed by atoms with E-state index >= 15 is 0 Å². The van der Waals surface area contributed by atoms with Crippen molar-refractivity contribution in [2.45, 2.75) is 72.3 Å². The molecule has 1 aromatic heterocycles. The highest BCUT2D eigenvalue weighted by atomic mass is 16.5. The van der Waals surface area contributed by atoms with Crippen LogP contribution in [-0.4, -0.2) is 46.0 Å². The summed E-state index contributed by atoms with van der Waals surface area (Å²) in [5.41, 5.74) is 2.83. The van der Waals surface area contributed by atoms with Gasteiger partial charge in [-0.2, -0.15) is 4.98 Å². The smallest absolute Gasteiger partial charge is 0.231 e. The molecule has 0 radical (unpaired) electrons. The first-order valence-corrected chi connectivity index (χ1v) is 11.2. The fourth-order valence-corrected chi connectivity index (χ4v) is 4.48. The first kappa shape index (κ1) is 21.5. The summed E-state index contributed by atoms with van der Waals surface area (Å²) in [6, 6.07) is 6.04. The number of aromatic nitrogens is 2. The highest BCUT2D eigenvalue weighted by Gasteiger charge is 2.31. The third-order valence-electron chi connectivity index (χ3n) is 6.05. The van der Waals surface area contributed by atoms with Gasteiger partial charge < -0.3 is 14.3 Å². The number of likely N-dealkylation sites (tertiary alicyclic amines) is 1. The lowest BCUT2D eigenvalue weighted by Crippen LogP contribution is -2.39. The van der Waals surface area contributed by atoms with Crippen LogP contribution in [0.5, 0.6) is 0 Å². The van der Waals surface area contributed by atoms with Gasteiger partial charge in [-0.05, 0) is 43.7 Å². The number of carbonyl (C=O) groups is 2. The van der Waals surface area contributed by atoms with Crippen LogP contribution in [0.2, 0.25) is 0 Å². The average Bonchev–Trinajstić information content (AvgIpc) is 3.30. The molecule has 1 aromatic carbocycles. The van der Waals surface area contributed by atoms with E-state index in [9.17, 15) is 9.59 Å². The Balaban J connectivity index is 1.44. The van der Waals surface area contributed by atoms with Crippen molar-refractivity contribution >= 4 is 17.5 Å². The van der Waals surface area contributed by atoms with Crippen molar-refractivity contribution < 1.29 is 14.1 Å². The van der Waals surface area contributed by atoms with Crippen LogP contribution in [0.4, 0.5) is 5.69 Å². The molecule has 0 bridgehead atoms. The second kappa shape index (κ2) is 8.09. The maximum absolute atomic E-state index is 12.5. The summed E-state index contributed by atoms with van der Waals surface area (Å²) in [6.45, 7) is 11.8. The van der Waals surface area contributed by atoms with Crippen LogP contribution in [0, 0.1) is 5.41 Å². The fourth-order valence-electron chi connectivity index (χ4n) is 4.48. The molecule has 0 spiro atoms. The molecule has 0 saturated carbocycles. The molecule has 2 aromatic rings. The van der Waals surface area contributed by atoms with Crippen LogP contribution in [0.3, 0.4) is 0 Å². The predicted octanol–water partition coefficient (Wildman–Crippen LogP) is 4.18. The van der Waals surface area contributed by atoms with Gasteiger partial charge >= 0.3 is 0 Å². The van der Waals surface area contributed by atoms with E-state index in [2.05, 4.69) is 30.9 Å². The summed E-state index contributed by atoms with van der Waals surface area (Å²) in [4.78, 5) is 33.3. The number of amides is 2. The van der Waals surface area contributed by atoms with Crippen molar-refractivity contribution in [1.82, 2.24) is 15.0 Å². The quantitative estimate of drug-likeness (QED) is 0.736. The first-order valence-electron chi connectivity index (χ1n) is 11.2. The van der Waals surface area contributed by atoms with Gasteiger partial charge in [-0.1, -0.05) is 38.1 Å². The molecule has 1 fully saturated rings. The van der Waals surface area contributed by atoms with Crippen molar-refractivity contribution in [3.8, 4) is 11.4 Å². The normalized spacial score (nSPS) is 17.5. The van der Waals surface area contributed by atoms with Gasteiger partial charge in [0.1, 0.15) is 0 Å². The van der Waals surface area contributed by atoms with Crippen LogP contribution in [0.1, 0.15) is 71.3 Å². The Labute approximate surface area is 183 Å². The summed E-state index contributed by atoms with van der Waals surface area (Å²) >= 11 is 0. The zero-order valence-corrected chi connectivity index (χ0v) is 19.1. The van der Waals surface area contributed by atoms with Gasteiger partial charge in [-0.3, -0.25) is 9.59 Å². The van der Waals surface area contributed by atoms with Gasteiger partial charge in [0.25, 0.3) is 0 Å². The standard InChI is InChI=1S/C24H32N4O3/c1-15(2)28-19-12-18(7-6-17(19)13-20(28)29)22-25-23(31-26-22)16-8-10-27(11-9-16)21(30)14-24(3,4)5/h6-7,12,15-16H,8-11,13-14H2,1-5H3. The van der Waals surface area contributed by atoms with Crippen molar-refractivity contribution in [2.75, 3.05) is 18.0 Å². The van der Waals surface area contributed by atoms with Gasteiger partial charge in [0.2, 0.25) is 23.5 Å². The van der Waals surface area contributed by atoms with Crippen LogP contribution >= 0.6 is 0 Å². The molecule has 2 aliphatic rings. The number of piperidine rings is 1. The second-order valence-electron chi connectivity index (χ2n) is 10.2. The molecule has 166 valence electrons. The number of benzene rings is 1. The average molecular weight is 425 g/mol. The lowest BCUT2D eigenvalue weighted by atomic mass is 9.90. The maximum Gasteiger partial charge on any atom is 0.231 e. The number of carbonyl (C=O) groups excluding carboxylic acids is 2. The number of fused-ring (bicyclic) bond motifs is 1. The number of hydrogen-bond acceptors (Lipinski definition) is 5. The largest absolute Gasteiger partial charge is 0.343 e. The summed E-state index contributed by atoms with van der Waals surface area (Å²) in [7, 11) is 0. The molecule has 0 N–H and O–H groups in total. The molecule has 0 unspecified atom stereocenters. The minimum atomic E-state index is 0.000935. The lowest BCUT2D eigenvalue weighted by molar-refractivity contribution is -0.134. The molecule has 0 atom stereocenters. The topological polar surface area (TPSA) is 79.5 Å². The van der Waals surface area contributed by atoms with Gasteiger partial charge in [0.15, 0.2) is 0 Å². The minimum Gasteiger partial charge on any atom is -0.343 e. The van der Waals surface area contributed by atoms with E-state index in [0.29, 0.717) is 24.6 Å². The van der Waals surface area contributed by atoms with Crippen LogP contribution in [0.25, 0.3) is 11.4 Å². The molecule has 4 rings (SSSR count). The number of rotatable bonds is 4. The summed E-state index contributed by atoms with van der Waals surface area (Å²) in [6.07, 6.45) is 2.67. The van der Waals surface area contributed by atoms with Gasteiger partial charge in [-0.15, -0.1) is 0 Å². The van der Waals surface area contributed by atoms with Gasteiger partial charge in [-0.25, -0.2) is 0 Å². The van der Waals surface area contributed by atoms with E-state index in [1.165, 1.54) is 0 Å². The van der Waals surface area contributed by atoms with Crippen LogP contribution in [-0.2, 0) is 16.0 Å². The molecule has 31 heavy (non-hydrogen) atoms. The molecular weight excluding hydrogens is 392 g/mol. The zero-order valence-electron chi connectivity index (χ0n) is 19.1. The predicted molar refractivity (Wildman–Crippen MR) is 119 cm³/mol. The fraction of sp³-hybridized carbons (Fsp3) is 0.583. The Kier molecular flexibility index (Phi) is 5.62. The maximum atomic E-state index is 12.5.